The number of carbonyl (C=O) groups excluding carboxylic acids is 2. The molecule has 1 saturated heterocycles. The lowest BCUT2D eigenvalue weighted by Gasteiger charge is -2.33. The summed E-state index contributed by atoms with van der Waals surface area (Å²) in [5, 5.41) is 1.54. The topological polar surface area (TPSA) is 65.1 Å². The smallest absolute Gasteiger partial charge is 0.338 e. The summed E-state index contributed by atoms with van der Waals surface area (Å²) in [7, 11) is 2.09. The Balaban J connectivity index is 1.94. The summed E-state index contributed by atoms with van der Waals surface area (Å²) in [6.45, 7) is 9.85. The van der Waals surface area contributed by atoms with E-state index in [1.54, 1.807) is 18.9 Å². The van der Waals surface area contributed by atoms with E-state index in [9.17, 15) is 9.59 Å². The Labute approximate surface area is 131 Å². The Hall–Kier alpha value is -1.60. The number of ether oxygens (including phenoxy) is 1. The van der Waals surface area contributed by atoms with Crippen molar-refractivity contribution in [1.82, 2.24) is 20.2 Å². The van der Waals surface area contributed by atoms with Crippen LogP contribution in [0, 0.1) is 0 Å². The Morgan fingerprint density at radius 1 is 1.27 bits per heavy atom. The monoisotopic (exact) mass is 310 g/mol. The molecule has 1 amide bonds. The van der Waals surface area contributed by atoms with E-state index in [1.165, 1.54) is 0 Å². The fourth-order valence-corrected chi connectivity index (χ4v) is 2.86. The zero-order valence-electron chi connectivity index (χ0n) is 13.9. The predicted molar refractivity (Wildman–Crippen MR) is 82.7 cm³/mol. The van der Waals surface area contributed by atoms with Gasteiger partial charge in [-0.2, -0.15) is 0 Å². The maximum atomic E-state index is 12.5. The lowest BCUT2D eigenvalue weighted by Crippen LogP contribution is -2.52. The zero-order valence-corrected chi connectivity index (χ0v) is 13.9. The molecule has 2 aliphatic rings. The summed E-state index contributed by atoms with van der Waals surface area (Å²) in [6.07, 6.45) is 0. The molecule has 1 atom stereocenters. The molecule has 22 heavy (non-hydrogen) atoms. The number of nitrogens with zero attached hydrogens (tertiary/aromatic N) is 3. The number of amides is 1. The summed E-state index contributed by atoms with van der Waals surface area (Å²) < 4.78 is 5.07. The minimum atomic E-state index is -0.352. The molecule has 0 aliphatic carbocycles. The number of likely N-dealkylation sites (N-methyl/N-ethyl adjacent to an activating group) is 1. The standard InChI is InChI=1S/C15H26N4O3/c1-5-22-15(21)14-11(2)16-19(12(14)3)13(20)10-18-8-6-17(4)7-9-18/h12,16H,5-10H2,1-4H3. The van der Waals surface area contributed by atoms with E-state index < -0.39 is 0 Å². The van der Waals surface area contributed by atoms with Crippen molar-refractivity contribution in [3.63, 3.8) is 0 Å². The number of rotatable bonds is 4. The highest BCUT2D eigenvalue weighted by Crippen LogP contribution is 2.21. The van der Waals surface area contributed by atoms with Gasteiger partial charge in [0.1, 0.15) is 0 Å². The van der Waals surface area contributed by atoms with E-state index in [0.717, 1.165) is 26.2 Å². The lowest BCUT2D eigenvalue weighted by molar-refractivity contribution is -0.140. The number of allylic oxidation sites excluding steroid dienone is 1. The number of hydrogen-bond donors (Lipinski definition) is 1. The van der Waals surface area contributed by atoms with Crippen LogP contribution < -0.4 is 5.43 Å². The van der Waals surface area contributed by atoms with E-state index in [0.29, 0.717) is 24.4 Å². The minimum Gasteiger partial charge on any atom is -0.463 e. The van der Waals surface area contributed by atoms with Crippen LogP contribution in [0.2, 0.25) is 0 Å². The molecule has 2 aliphatic heterocycles. The third-order valence-electron chi connectivity index (χ3n) is 4.22. The van der Waals surface area contributed by atoms with Crippen LogP contribution in [0.25, 0.3) is 0 Å². The molecular formula is C15H26N4O3. The Morgan fingerprint density at radius 2 is 1.91 bits per heavy atom. The molecule has 0 bridgehead atoms. The number of piperazine rings is 1. The Morgan fingerprint density at radius 3 is 2.50 bits per heavy atom. The van der Waals surface area contributed by atoms with Gasteiger partial charge in [0.05, 0.1) is 24.8 Å². The van der Waals surface area contributed by atoms with Gasteiger partial charge < -0.3 is 9.64 Å². The summed E-state index contributed by atoms with van der Waals surface area (Å²) in [4.78, 5) is 28.9. The molecule has 7 heteroatoms. The highest BCUT2D eigenvalue weighted by atomic mass is 16.5. The highest BCUT2D eigenvalue weighted by molar-refractivity contribution is 5.93. The molecule has 0 spiro atoms. The van der Waals surface area contributed by atoms with Crippen LogP contribution in [-0.4, -0.2) is 79.1 Å². The SMILES string of the molecule is CCOC(=O)C1=C(C)NN(C(=O)CN2CCN(C)CC2)C1C. The maximum absolute atomic E-state index is 12.5. The van der Waals surface area contributed by atoms with Gasteiger partial charge in [-0.05, 0) is 27.8 Å². The highest BCUT2D eigenvalue weighted by Gasteiger charge is 2.36. The second-order valence-corrected chi connectivity index (χ2v) is 5.89. The van der Waals surface area contributed by atoms with Gasteiger partial charge in [0.25, 0.3) is 5.91 Å². The van der Waals surface area contributed by atoms with Crippen molar-refractivity contribution in [2.75, 3.05) is 46.4 Å². The molecule has 0 aromatic heterocycles. The molecule has 7 nitrogen and oxygen atoms in total. The van der Waals surface area contributed by atoms with Crippen molar-refractivity contribution in [2.24, 2.45) is 0 Å². The van der Waals surface area contributed by atoms with Gasteiger partial charge in [-0.15, -0.1) is 0 Å². The van der Waals surface area contributed by atoms with Crippen LogP contribution in [0.15, 0.2) is 11.3 Å². The van der Waals surface area contributed by atoms with Crippen molar-refractivity contribution in [3.8, 4) is 0 Å². The van der Waals surface area contributed by atoms with Crippen molar-refractivity contribution < 1.29 is 14.3 Å². The van der Waals surface area contributed by atoms with E-state index in [1.807, 2.05) is 6.92 Å². The average molecular weight is 310 g/mol. The molecule has 0 aromatic carbocycles. The van der Waals surface area contributed by atoms with Crippen molar-refractivity contribution in [3.05, 3.63) is 11.3 Å². The number of hydrazine groups is 1. The van der Waals surface area contributed by atoms with Crippen LogP contribution in [0.4, 0.5) is 0 Å². The van der Waals surface area contributed by atoms with Crippen LogP contribution >= 0.6 is 0 Å². The van der Waals surface area contributed by atoms with Gasteiger partial charge in [0.15, 0.2) is 0 Å². The third-order valence-corrected chi connectivity index (χ3v) is 4.22. The molecule has 1 N–H and O–H groups in total. The van der Waals surface area contributed by atoms with Crippen LogP contribution in [0.1, 0.15) is 20.8 Å². The van der Waals surface area contributed by atoms with Crippen molar-refractivity contribution in [1.29, 1.82) is 0 Å². The van der Waals surface area contributed by atoms with E-state index in [-0.39, 0.29) is 17.9 Å². The molecule has 0 aromatic rings. The summed E-state index contributed by atoms with van der Waals surface area (Å²) in [5.41, 5.74) is 4.24. The van der Waals surface area contributed by atoms with Gasteiger partial charge in [-0.3, -0.25) is 15.1 Å². The largest absolute Gasteiger partial charge is 0.463 e. The first-order valence-electron chi connectivity index (χ1n) is 7.81. The Bertz CT molecular complexity index is 469. The molecule has 0 radical (unpaired) electrons. The first kappa shape index (κ1) is 16.8. The van der Waals surface area contributed by atoms with E-state index in [4.69, 9.17) is 4.74 Å². The van der Waals surface area contributed by atoms with Crippen LogP contribution in [0.3, 0.4) is 0 Å². The molecule has 1 fully saturated rings. The molecule has 124 valence electrons. The number of carbonyl (C=O) groups is 2. The predicted octanol–water partition coefficient (Wildman–Crippen LogP) is -0.194. The number of nitrogens with one attached hydrogen (secondary N) is 1. The zero-order chi connectivity index (χ0) is 16.3. The second-order valence-electron chi connectivity index (χ2n) is 5.89. The summed E-state index contributed by atoms with van der Waals surface area (Å²) in [5.74, 6) is -0.370. The summed E-state index contributed by atoms with van der Waals surface area (Å²) in [6, 6.07) is -0.306. The molecule has 0 saturated carbocycles. The summed E-state index contributed by atoms with van der Waals surface area (Å²) >= 11 is 0. The molecule has 2 heterocycles. The fourth-order valence-electron chi connectivity index (χ4n) is 2.86. The van der Waals surface area contributed by atoms with Gasteiger partial charge >= 0.3 is 5.97 Å². The first-order valence-corrected chi connectivity index (χ1v) is 7.81. The lowest BCUT2D eigenvalue weighted by atomic mass is 10.1. The van der Waals surface area contributed by atoms with Gasteiger partial charge in [0.2, 0.25) is 0 Å². The van der Waals surface area contributed by atoms with E-state index in [2.05, 4.69) is 22.3 Å². The first-order chi connectivity index (χ1) is 10.4. The minimum absolute atomic E-state index is 0.0179. The van der Waals surface area contributed by atoms with E-state index >= 15 is 0 Å². The van der Waals surface area contributed by atoms with Gasteiger partial charge in [0, 0.05) is 31.9 Å². The van der Waals surface area contributed by atoms with Crippen molar-refractivity contribution >= 4 is 11.9 Å². The average Bonchev–Trinajstić information content (AvgIpc) is 2.77. The number of hydrogen-bond acceptors (Lipinski definition) is 6. The van der Waals surface area contributed by atoms with Crippen LogP contribution in [0.5, 0.6) is 0 Å². The van der Waals surface area contributed by atoms with Crippen LogP contribution in [-0.2, 0) is 14.3 Å². The van der Waals surface area contributed by atoms with Crippen molar-refractivity contribution in [2.45, 2.75) is 26.8 Å². The van der Waals surface area contributed by atoms with Gasteiger partial charge in [-0.1, -0.05) is 0 Å². The maximum Gasteiger partial charge on any atom is 0.338 e. The van der Waals surface area contributed by atoms with Gasteiger partial charge in [-0.25, -0.2) is 9.80 Å². The normalized spacial score (nSPS) is 23.6. The molecular weight excluding hydrogens is 284 g/mol. The third kappa shape index (κ3) is 3.59. The quantitative estimate of drug-likeness (QED) is 0.726. The number of esters is 1. The Kier molecular flexibility index (Phi) is 5.42. The second kappa shape index (κ2) is 7.11. The molecule has 2 rings (SSSR count). The molecule has 1 unspecified atom stereocenters. The fraction of sp³-hybridized carbons (Fsp3) is 0.733.